The molecule has 20 heavy (non-hydrogen) atoms. The van der Waals surface area contributed by atoms with Gasteiger partial charge >= 0.3 is 0 Å². The van der Waals surface area contributed by atoms with Gasteiger partial charge in [-0.05, 0) is 35.2 Å². The van der Waals surface area contributed by atoms with Crippen molar-refractivity contribution in [2.45, 2.75) is 32.8 Å². The van der Waals surface area contributed by atoms with E-state index in [9.17, 15) is 4.39 Å². The van der Waals surface area contributed by atoms with Crippen LogP contribution in [0.5, 0.6) is 5.75 Å². The molecule has 0 saturated carbocycles. The predicted octanol–water partition coefficient (Wildman–Crippen LogP) is 4.28. The van der Waals surface area contributed by atoms with Crippen LogP contribution in [0.15, 0.2) is 42.5 Å². The maximum atomic E-state index is 13.6. The lowest BCUT2D eigenvalue weighted by molar-refractivity contribution is 0.299. The van der Waals surface area contributed by atoms with E-state index < -0.39 is 0 Å². The summed E-state index contributed by atoms with van der Waals surface area (Å²) in [7, 11) is 0. The van der Waals surface area contributed by atoms with Crippen molar-refractivity contribution in [1.82, 2.24) is 0 Å². The molecule has 2 nitrogen and oxygen atoms in total. The van der Waals surface area contributed by atoms with Gasteiger partial charge in [-0.3, -0.25) is 0 Å². The van der Waals surface area contributed by atoms with Gasteiger partial charge in [0.15, 0.2) is 0 Å². The summed E-state index contributed by atoms with van der Waals surface area (Å²) >= 11 is 0. The van der Waals surface area contributed by atoms with Crippen molar-refractivity contribution < 1.29 is 9.13 Å². The summed E-state index contributed by atoms with van der Waals surface area (Å²) in [6.45, 7) is 6.67. The number of halogens is 1. The summed E-state index contributed by atoms with van der Waals surface area (Å²) in [4.78, 5) is 0. The van der Waals surface area contributed by atoms with E-state index in [1.807, 2.05) is 24.3 Å². The Labute approximate surface area is 119 Å². The minimum Gasteiger partial charge on any atom is -0.489 e. The second-order valence-electron chi connectivity index (χ2n) is 5.91. The topological polar surface area (TPSA) is 35.2 Å². The van der Waals surface area contributed by atoms with Crippen molar-refractivity contribution in [3.05, 3.63) is 59.4 Å². The van der Waals surface area contributed by atoms with Crippen LogP contribution in [-0.2, 0) is 12.0 Å². The second kappa shape index (κ2) is 5.53. The highest BCUT2D eigenvalue weighted by molar-refractivity contribution is 5.40. The van der Waals surface area contributed by atoms with E-state index in [-0.39, 0.29) is 17.8 Å². The van der Waals surface area contributed by atoms with Gasteiger partial charge in [-0.2, -0.15) is 0 Å². The summed E-state index contributed by atoms with van der Waals surface area (Å²) in [6.07, 6.45) is 0. The lowest BCUT2D eigenvalue weighted by Crippen LogP contribution is -2.10. The smallest absolute Gasteiger partial charge is 0.131 e. The third kappa shape index (κ3) is 3.50. The summed E-state index contributed by atoms with van der Waals surface area (Å²) < 4.78 is 19.2. The van der Waals surface area contributed by atoms with Crippen LogP contribution in [0.3, 0.4) is 0 Å². The zero-order valence-electron chi connectivity index (χ0n) is 12.1. The zero-order chi connectivity index (χ0) is 14.8. The Morgan fingerprint density at radius 3 is 2.25 bits per heavy atom. The van der Waals surface area contributed by atoms with Crippen molar-refractivity contribution in [2.75, 3.05) is 5.73 Å². The average Bonchev–Trinajstić information content (AvgIpc) is 2.37. The molecule has 106 valence electrons. The zero-order valence-corrected chi connectivity index (χ0v) is 12.1. The molecule has 0 unspecified atom stereocenters. The summed E-state index contributed by atoms with van der Waals surface area (Å²) in [5.74, 6) is 0.394. The molecule has 2 aromatic rings. The van der Waals surface area contributed by atoms with Crippen LogP contribution in [0, 0.1) is 5.82 Å². The molecule has 0 saturated heterocycles. The normalized spacial score (nSPS) is 11.4. The van der Waals surface area contributed by atoms with Crippen molar-refractivity contribution in [2.24, 2.45) is 0 Å². The number of hydrogen-bond acceptors (Lipinski definition) is 2. The van der Waals surface area contributed by atoms with Crippen LogP contribution in [0.1, 0.15) is 31.9 Å². The van der Waals surface area contributed by atoms with E-state index in [0.717, 1.165) is 5.75 Å². The molecule has 0 aliphatic heterocycles. The number of nitrogen functional groups attached to an aromatic ring is 1. The van der Waals surface area contributed by atoms with Gasteiger partial charge in [-0.25, -0.2) is 4.39 Å². The Kier molecular flexibility index (Phi) is 3.98. The van der Waals surface area contributed by atoms with E-state index in [0.29, 0.717) is 11.3 Å². The lowest BCUT2D eigenvalue weighted by Gasteiger charge is -2.19. The quantitative estimate of drug-likeness (QED) is 0.847. The van der Waals surface area contributed by atoms with E-state index in [4.69, 9.17) is 10.5 Å². The van der Waals surface area contributed by atoms with Gasteiger partial charge in [-0.15, -0.1) is 0 Å². The molecule has 2 aromatic carbocycles. The van der Waals surface area contributed by atoms with E-state index in [1.165, 1.54) is 11.6 Å². The average molecular weight is 273 g/mol. The third-order valence-electron chi connectivity index (χ3n) is 3.19. The van der Waals surface area contributed by atoms with Gasteiger partial charge in [0.25, 0.3) is 0 Å². The Morgan fingerprint density at radius 2 is 1.70 bits per heavy atom. The first-order valence-electron chi connectivity index (χ1n) is 6.63. The van der Waals surface area contributed by atoms with Gasteiger partial charge in [-0.1, -0.05) is 39.0 Å². The first-order valence-corrected chi connectivity index (χ1v) is 6.63. The van der Waals surface area contributed by atoms with Crippen LogP contribution in [-0.4, -0.2) is 0 Å². The highest BCUT2D eigenvalue weighted by atomic mass is 19.1. The molecule has 2 rings (SSSR count). The number of nitrogens with two attached hydrogens (primary N) is 1. The second-order valence-corrected chi connectivity index (χ2v) is 5.91. The molecule has 0 aliphatic carbocycles. The number of benzene rings is 2. The Morgan fingerprint density at radius 1 is 1.05 bits per heavy atom. The first-order chi connectivity index (χ1) is 9.36. The van der Waals surface area contributed by atoms with Crippen molar-refractivity contribution >= 4 is 5.69 Å². The van der Waals surface area contributed by atoms with E-state index >= 15 is 0 Å². The standard InChI is InChI=1S/C17H20FNO/c1-17(2,3)13-5-8-15(9-6-13)20-11-12-4-7-14(19)10-16(12)18/h4-10H,11,19H2,1-3H3. The van der Waals surface area contributed by atoms with Gasteiger partial charge in [0.1, 0.15) is 18.2 Å². The molecule has 0 aromatic heterocycles. The fourth-order valence-corrected chi connectivity index (χ4v) is 1.89. The molecule has 0 heterocycles. The molecule has 0 atom stereocenters. The van der Waals surface area contributed by atoms with Crippen LogP contribution in [0.25, 0.3) is 0 Å². The van der Waals surface area contributed by atoms with Gasteiger partial charge < -0.3 is 10.5 Å². The highest BCUT2D eigenvalue weighted by Gasteiger charge is 2.13. The molecule has 0 spiro atoms. The third-order valence-corrected chi connectivity index (χ3v) is 3.19. The Hall–Kier alpha value is -2.03. The largest absolute Gasteiger partial charge is 0.489 e. The predicted molar refractivity (Wildman–Crippen MR) is 80.3 cm³/mol. The van der Waals surface area contributed by atoms with Crippen molar-refractivity contribution in [3.8, 4) is 5.75 Å². The van der Waals surface area contributed by atoms with Crippen molar-refractivity contribution in [1.29, 1.82) is 0 Å². The van der Waals surface area contributed by atoms with Crippen LogP contribution < -0.4 is 10.5 Å². The first kappa shape index (κ1) is 14.4. The number of hydrogen-bond donors (Lipinski definition) is 1. The number of rotatable bonds is 3. The van der Waals surface area contributed by atoms with Gasteiger partial charge in [0.2, 0.25) is 0 Å². The van der Waals surface area contributed by atoms with Gasteiger partial charge in [0.05, 0.1) is 0 Å². The Bertz CT molecular complexity index is 585. The molecule has 2 N–H and O–H groups in total. The van der Waals surface area contributed by atoms with Crippen molar-refractivity contribution in [3.63, 3.8) is 0 Å². The minimum atomic E-state index is -0.337. The maximum absolute atomic E-state index is 13.6. The van der Waals surface area contributed by atoms with Crippen LogP contribution in [0.4, 0.5) is 10.1 Å². The SMILES string of the molecule is CC(C)(C)c1ccc(OCc2ccc(N)cc2F)cc1. The fraction of sp³-hybridized carbons (Fsp3) is 0.294. The molecule has 0 radical (unpaired) electrons. The number of ether oxygens (including phenoxy) is 1. The molecule has 0 bridgehead atoms. The summed E-state index contributed by atoms with van der Waals surface area (Å²) in [5.41, 5.74) is 7.78. The van der Waals surface area contributed by atoms with Crippen LogP contribution >= 0.6 is 0 Å². The van der Waals surface area contributed by atoms with E-state index in [2.05, 4.69) is 20.8 Å². The summed E-state index contributed by atoms with van der Waals surface area (Å²) in [6, 6.07) is 12.5. The Balaban J connectivity index is 2.04. The maximum Gasteiger partial charge on any atom is 0.131 e. The van der Waals surface area contributed by atoms with E-state index in [1.54, 1.807) is 12.1 Å². The molecule has 3 heteroatoms. The molecular formula is C17H20FNO. The molecular weight excluding hydrogens is 253 g/mol. The van der Waals surface area contributed by atoms with Crippen LogP contribution in [0.2, 0.25) is 0 Å². The molecule has 0 amide bonds. The summed E-state index contributed by atoms with van der Waals surface area (Å²) in [5, 5.41) is 0. The fourth-order valence-electron chi connectivity index (χ4n) is 1.89. The minimum absolute atomic E-state index is 0.113. The molecule has 0 fully saturated rings. The number of anilines is 1. The monoisotopic (exact) mass is 273 g/mol. The molecule has 0 aliphatic rings. The lowest BCUT2D eigenvalue weighted by atomic mass is 9.87. The van der Waals surface area contributed by atoms with Gasteiger partial charge in [0, 0.05) is 11.3 Å². The highest BCUT2D eigenvalue weighted by Crippen LogP contribution is 2.24.